The number of rotatable bonds is 3. The Hall–Kier alpha value is -1.88. The fourth-order valence-corrected chi connectivity index (χ4v) is 2.31. The first-order valence-corrected chi connectivity index (χ1v) is 5.95. The summed E-state index contributed by atoms with van der Waals surface area (Å²) in [5.41, 5.74) is -0.599. The van der Waals surface area contributed by atoms with Gasteiger partial charge in [-0.15, -0.1) is 0 Å². The van der Waals surface area contributed by atoms with E-state index in [9.17, 15) is 9.18 Å². The number of carbonyl (C=O) groups is 1. The Bertz CT molecular complexity index is 632. The quantitative estimate of drug-likeness (QED) is 0.903. The zero-order chi connectivity index (χ0) is 14.2. The van der Waals surface area contributed by atoms with Gasteiger partial charge in [0.25, 0.3) is 0 Å². The average molecular weight is 283 g/mol. The number of carboxylic acids is 1. The standard InChI is InChI=1S/C13H12ClFN2O2/c1-13(2,15)11-7(4-3-5-8(11)14)9-6-10(12(18)19)17-16-9/h3-6H,1-2H3,(H,16,17)(H,18,19). The molecule has 0 atom stereocenters. The van der Waals surface area contributed by atoms with Gasteiger partial charge in [0.15, 0.2) is 0 Å². The number of halogens is 2. The highest BCUT2D eigenvalue weighted by molar-refractivity contribution is 6.31. The van der Waals surface area contributed by atoms with Crippen molar-refractivity contribution < 1.29 is 14.3 Å². The van der Waals surface area contributed by atoms with Gasteiger partial charge < -0.3 is 5.11 Å². The fraction of sp³-hybridized carbons (Fsp3) is 0.231. The molecule has 0 bridgehead atoms. The predicted octanol–water partition coefficient (Wildman–Crippen LogP) is 3.63. The van der Waals surface area contributed by atoms with Crippen molar-refractivity contribution >= 4 is 17.6 Å². The van der Waals surface area contributed by atoms with Crippen LogP contribution in [0.4, 0.5) is 4.39 Å². The van der Waals surface area contributed by atoms with Gasteiger partial charge in [-0.1, -0.05) is 23.7 Å². The van der Waals surface area contributed by atoms with Crippen LogP contribution in [0.1, 0.15) is 29.9 Å². The van der Waals surface area contributed by atoms with Crippen molar-refractivity contribution in [3.63, 3.8) is 0 Å². The molecule has 4 nitrogen and oxygen atoms in total. The highest BCUT2D eigenvalue weighted by atomic mass is 35.5. The van der Waals surface area contributed by atoms with E-state index in [-0.39, 0.29) is 10.7 Å². The van der Waals surface area contributed by atoms with Crippen molar-refractivity contribution in [1.82, 2.24) is 10.2 Å². The number of nitrogens with zero attached hydrogens (tertiary/aromatic N) is 1. The molecule has 100 valence electrons. The number of nitrogens with one attached hydrogen (secondary N) is 1. The van der Waals surface area contributed by atoms with Crippen LogP contribution < -0.4 is 0 Å². The van der Waals surface area contributed by atoms with Crippen molar-refractivity contribution in [3.05, 3.63) is 40.5 Å². The number of H-pyrrole nitrogens is 1. The molecule has 0 saturated heterocycles. The first-order valence-electron chi connectivity index (χ1n) is 5.57. The second-order valence-corrected chi connectivity index (χ2v) is 5.01. The van der Waals surface area contributed by atoms with Crippen molar-refractivity contribution in [3.8, 4) is 11.3 Å². The van der Waals surface area contributed by atoms with Crippen LogP contribution in [0.25, 0.3) is 11.3 Å². The smallest absolute Gasteiger partial charge is 0.353 e. The summed E-state index contributed by atoms with van der Waals surface area (Å²) >= 11 is 6.04. The number of benzene rings is 1. The molecule has 0 radical (unpaired) electrons. The van der Waals surface area contributed by atoms with Crippen LogP contribution in [-0.4, -0.2) is 21.3 Å². The molecule has 2 N–H and O–H groups in total. The van der Waals surface area contributed by atoms with E-state index in [0.717, 1.165) is 0 Å². The summed E-state index contributed by atoms with van der Waals surface area (Å²) in [7, 11) is 0. The number of aromatic carboxylic acids is 1. The molecule has 0 aliphatic carbocycles. The molecule has 1 aromatic heterocycles. The lowest BCUT2D eigenvalue weighted by Crippen LogP contribution is -2.11. The Kier molecular flexibility index (Phi) is 3.32. The van der Waals surface area contributed by atoms with E-state index in [0.29, 0.717) is 16.8 Å². The zero-order valence-electron chi connectivity index (χ0n) is 10.4. The van der Waals surface area contributed by atoms with Gasteiger partial charge in [-0.2, -0.15) is 5.10 Å². The van der Waals surface area contributed by atoms with Crippen LogP contribution in [0.2, 0.25) is 5.02 Å². The monoisotopic (exact) mass is 282 g/mol. The molecule has 1 heterocycles. The number of hydrogen-bond acceptors (Lipinski definition) is 2. The third-order valence-electron chi connectivity index (χ3n) is 2.69. The molecule has 1 aromatic carbocycles. The lowest BCUT2D eigenvalue weighted by Gasteiger charge is -2.19. The second kappa shape index (κ2) is 4.66. The normalized spacial score (nSPS) is 11.6. The van der Waals surface area contributed by atoms with Crippen LogP contribution in [0, 0.1) is 0 Å². The van der Waals surface area contributed by atoms with Crippen LogP contribution in [0.3, 0.4) is 0 Å². The maximum atomic E-state index is 14.3. The summed E-state index contributed by atoms with van der Waals surface area (Å²) in [6.07, 6.45) is 0. The summed E-state index contributed by atoms with van der Waals surface area (Å²) in [6, 6.07) is 6.27. The highest BCUT2D eigenvalue weighted by Gasteiger charge is 2.27. The number of aromatic amines is 1. The predicted molar refractivity (Wildman–Crippen MR) is 70.1 cm³/mol. The maximum Gasteiger partial charge on any atom is 0.353 e. The number of aromatic nitrogens is 2. The highest BCUT2D eigenvalue weighted by Crippen LogP contribution is 2.38. The van der Waals surface area contributed by atoms with E-state index in [1.54, 1.807) is 18.2 Å². The Morgan fingerprint density at radius 1 is 1.47 bits per heavy atom. The topological polar surface area (TPSA) is 66.0 Å². The van der Waals surface area contributed by atoms with Crippen LogP contribution in [0.5, 0.6) is 0 Å². The summed E-state index contributed by atoms with van der Waals surface area (Å²) in [5.74, 6) is -1.12. The van der Waals surface area contributed by atoms with Gasteiger partial charge in [-0.25, -0.2) is 9.18 Å². The Labute approximate surface area is 114 Å². The molecule has 2 rings (SSSR count). The largest absolute Gasteiger partial charge is 0.477 e. The molecule has 6 heteroatoms. The molecular formula is C13H12ClFN2O2. The van der Waals surface area contributed by atoms with E-state index < -0.39 is 11.6 Å². The summed E-state index contributed by atoms with van der Waals surface area (Å²) in [5, 5.41) is 15.4. The van der Waals surface area contributed by atoms with Gasteiger partial charge in [0.05, 0.1) is 5.69 Å². The lowest BCUT2D eigenvalue weighted by molar-refractivity contribution is 0.0690. The zero-order valence-corrected chi connectivity index (χ0v) is 11.1. The molecular weight excluding hydrogens is 271 g/mol. The summed E-state index contributed by atoms with van der Waals surface area (Å²) in [4.78, 5) is 10.8. The minimum absolute atomic E-state index is 0.0578. The third-order valence-corrected chi connectivity index (χ3v) is 3.01. The van der Waals surface area contributed by atoms with E-state index in [1.807, 2.05) is 0 Å². The molecule has 0 unspecified atom stereocenters. The van der Waals surface area contributed by atoms with Gasteiger partial charge >= 0.3 is 5.97 Å². The van der Waals surface area contributed by atoms with E-state index in [2.05, 4.69) is 10.2 Å². The van der Waals surface area contributed by atoms with Crippen molar-refractivity contribution in [2.45, 2.75) is 19.5 Å². The Morgan fingerprint density at radius 2 is 2.16 bits per heavy atom. The molecule has 0 aliphatic rings. The average Bonchev–Trinajstić information content (AvgIpc) is 2.75. The molecule has 0 fully saturated rings. The fourth-order valence-electron chi connectivity index (χ4n) is 1.91. The van der Waals surface area contributed by atoms with Crippen molar-refractivity contribution in [1.29, 1.82) is 0 Å². The SMILES string of the molecule is CC(C)(F)c1c(Cl)cccc1-c1cc(C(=O)O)[nH]n1. The van der Waals surface area contributed by atoms with Gasteiger partial charge in [0, 0.05) is 16.1 Å². The second-order valence-electron chi connectivity index (χ2n) is 4.61. The molecule has 19 heavy (non-hydrogen) atoms. The van der Waals surface area contributed by atoms with Gasteiger partial charge in [0.2, 0.25) is 0 Å². The first kappa shape index (κ1) is 13.5. The van der Waals surface area contributed by atoms with E-state index in [4.69, 9.17) is 16.7 Å². The number of carboxylic acid groups (broad SMARTS) is 1. The first-order chi connectivity index (χ1) is 8.80. The third kappa shape index (κ3) is 2.61. The minimum atomic E-state index is -1.66. The molecule has 0 amide bonds. The molecule has 2 aromatic rings. The molecule has 0 aliphatic heterocycles. The van der Waals surface area contributed by atoms with Gasteiger partial charge in [0.1, 0.15) is 11.4 Å². The van der Waals surface area contributed by atoms with E-state index >= 15 is 0 Å². The van der Waals surface area contributed by atoms with Crippen LogP contribution >= 0.6 is 11.6 Å². The molecule has 0 spiro atoms. The van der Waals surface area contributed by atoms with E-state index in [1.165, 1.54) is 19.9 Å². The van der Waals surface area contributed by atoms with Gasteiger partial charge in [-0.3, -0.25) is 5.10 Å². The summed E-state index contributed by atoms with van der Waals surface area (Å²) in [6.45, 7) is 2.78. The van der Waals surface area contributed by atoms with Gasteiger partial charge in [-0.05, 0) is 26.0 Å². The van der Waals surface area contributed by atoms with Crippen LogP contribution in [-0.2, 0) is 5.67 Å². The number of hydrogen-bond donors (Lipinski definition) is 2. The number of alkyl halides is 1. The molecule has 0 saturated carbocycles. The van der Waals surface area contributed by atoms with Crippen molar-refractivity contribution in [2.75, 3.05) is 0 Å². The Morgan fingerprint density at radius 3 is 2.68 bits per heavy atom. The Balaban J connectivity index is 2.62. The van der Waals surface area contributed by atoms with Crippen LogP contribution in [0.15, 0.2) is 24.3 Å². The minimum Gasteiger partial charge on any atom is -0.477 e. The lowest BCUT2D eigenvalue weighted by atomic mass is 9.93. The summed E-state index contributed by atoms with van der Waals surface area (Å²) < 4.78 is 14.3. The van der Waals surface area contributed by atoms with Crippen molar-refractivity contribution in [2.24, 2.45) is 0 Å². The maximum absolute atomic E-state index is 14.3.